The number of hydrogen-bond donors (Lipinski definition) is 5. The molecule has 22 heteroatoms. The van der Waals surface area contributed by atoms with Crippen molar-refractivity contribution in [1.82, 2.24) is 35.4 Å². The lowest BCUT2D eigenvalue weighted by Gasteiger charge is -2.42. The number of likely N-dealkylation sites (N-methyl/N-ethyl adjacent to an activating group) is 2. The first-order valence-electron chi connectivity index (χ1n) is 32.9. The number of sulfonamides is 1. The van der Waals surface area contributed by atoms with Gasteiger partial charge in [0.15, 0.2) is 0 Å². The lowest BCUT2D eigenvalue weighted by atomic mass is 9.76. The van der Waals surface area contributed by atoms with Crippen LogP contribution in [0, 0.1) is 11.3 Å². The number of amides is 8. The molecule has 0 heterocycles. The molecule has 5 aromatic carbocycles. The third-order valence-corrected chi connectivity index (χ3v) is 18.0. The smallest absolute Gasteiger partial charge is 0.410 e. The SMILES string of the molecule is C/C(=C\C(C(C)C)N(C)C(=O)C(NC(=O)C(N(C)C(=O)OC(C)(C)C)C(C)(C)c1ccccc1)C(C)(C)C)C(=O)NS(=O)(=O)Cc1ccc(NC(=O)C(CCCCN(C)C(=O)OC(C)(C)C)NC(=O)C(Cc2ccccc2)NC(=O)OCC2c3ccccc3-c3ccccc32)cc1. The third-order valence-electron chi connectivity index (χ3n) is 16.8. The predicted octanol–water partition coefficient (Wildman–Crippen LogP) is 11.4. The van der Waals surface area contributed by atoms with Crippen molar-refractivity contribution >= 4 is 63.5 Å². The Morgan fingerprint density at radius 2 is 1.12 bits per heavy atom. The Kier molecular flexibility index (Phi) is 26.0. The summed E-state index contributed by atoms with van der Waals surface area (Å²) in [5, 5.41) is 11.4. The highest BCUT2D eigenvalue weighted by Crippen LogP contribution is 2.44. The molecular formula is C75H100N8O13S. The zero-order valence-corrected chi connectivity index (χ0v) is 60.1. The fourth-order valence-corrected chi connectivity index (χ4v) is 12.8. The second kappa shape index (κ2) is 32.8. The Morgan fingerprint density at radius 1 is 0.588 bits per heavy atom. The summed E-state index contributed by atoms with van der Waals surface area (Å²) >= 11 is 0. The molecule has 0 saturated heterocycles. The van der Waals surface area contributed by atoms with E-state index >= 15 is 0 Å². The summed E-state index contributed by atoms with van der Waals surface area (Å²) in [7, 11) is 0.278. The van der Waals surface area contributed by atoms with Gasteiger partial charge < -0.3 is 45.3 Å². The van der Waals surface area contributed by atoms with Crippen LogP contribution in [0.2, 0.25) is 0 Å². The Hall–Kier alpha value is -9.05. The molecule has 0 bridgehead atoms. The fourth-order valence-electron chi connectivity index (χ4n) is 11.7. The molecule has 97 heavy (non-hydrogen) atoms. The molecule has 0 saturated carbocycles. The molecule has 0 fully saturated rings. The molecule has 1 aliphatic carbocycles. The van der Waals surface area contributed by atoms with Crippen molar-refractivity contribution in [2.45, 2.75) is 181 Å². The average molecular weight is 1350 g/mol. The number of hydrogen-bond acceptors (Lipinski definition) is 13. The molecule has 5 atom stereocenters. The molecule has 6 rings (SSSR count). The minimum Gasteiger partial charge on any atom is -0.449 e. The molecule has 21 nitrogen and oxygen atoms in total. The molecule has 5 unspecified atom stereocenters. The second-order valence-corrected chi connectivity index (χ2v) is 30.7. The number of fused-ring (bicyclic) bond motifs is 3. The van der Waals surface area contributed by atoms with Crippen LogP contribution in [0.25, 0.3) is 11.1 Å². The van der Waals surface area contributed by atoms with Crippen LogP contribution in [0.5, 0.6) is 0 Å². The Labute approximate surface area is 573 Å². The summed E-state index contributed by atoms with van der Waals surface area (Å²) in [4.78, 5) is 117. The highest BCUT2D eigenvalue weighted by atomic mass is 32.2. The quantitative estimate of drug-likeness (QED) is 0.0186. The van der Waals surface area contributed by atoms with Gasteiger partial charge in [-0.1, -0.05) is 176 Å². The Morgan fingerprint density at radius 3 is 1.67 bits per heavy atom. The molecule has 0 aromatic heterocycles. The molecule has 5 aromatic rings. The first kappa shape index (κ1) is 77.0. The van der Waals surface area contributed by atoms with E-state index in [9.17, 15) is 46.8 Å². The number of benzene rings is 5. The summed E-state index contributed by atoms with van der Waals surface area (Å²) in [6, 6.07) is 34.7. The molecule has 5 N–H and O–H groups in total. The maximum Gasteiger partial charge on any atom is 0.410 e. The maximum atomic E-state index is 14.8. The van der Waals surface area contributed by atoms with E-state index in [4.69, 9.17) is 14.2 Å². The lowest BCUT2D eigenvalue weighted by molar-refractivity contribution is -0.141. The molecule has 8 amide bonds. The maximum absolute atomic E-state index is 14.8. The van der Waals surface area contributed by atoms with E-state index in [-0.39, 0.29) is 54.7 Å². The Bertz CT molecular complexity index is 3680. The van der Waals surface area contributed by atoms with Crippen LogP contribution < -0.4 is 26.0 Å². The lowest BCUT2D eigenvalue weighted by Crippen LogP contribution is -2.63. The van der Waals surface area contributed by atoms with Crippen molar-refractivity contribution in [2.75, 3.05) is 39.6 Å². The number of carbonyl (C=O) groups is 8. The van der Waals surface area contributed by atoms with E-state index in [0.29, 0.717) is 12.8 Å². The van der Waals surface area contributed by atoms with Crippen LogP contribution in [-0.2, 0) is 65.8 Å². The van der Waals surface area contributed by atoms with Gasteiger partial charge in [-0.25, -0.2) is 27.5 Å². The summed E-state index contributed by atoms with van der Waals surface area (Å²) in [5.41, 5.74) is 2.69. The standard InChI is InChI=1S/C75H100N8O13S/c1-48(2)61(82(16)68(88)62(72(4,5)6)79-67(87)63(83(17)71(91)96-74(10,11)12)75(13,14)52-32-22-19-23-33-52)44-49(3)64(84)80-97(92,93)47-51-39-41-53(42-40-51)76-65(85)59(38-28-29-43-81(15)70(90)95-73(7,8)9)77-66(86)60(45-50-30-20-18-21-31-50)78-69(89)94-46-58-56-36-26-24-34-54(56)55-35-25-27-37-57(55)58/h18-27,30-37,39-42,44,48,58-63H,28-29,38,43,45-47H2,1-17H3,(H,76,85)(H,77,86)(H,78,89)(H,79,87)(H,80,84)/b49-44+. The number of alkyl carbamates (subject to hydrolysis) is 1. The number of nitrogens with zero attached hydrogens (tertiary/aromatic N) is 3. The van der Waals surface area contributed by atoms with Crippen molar-refractivity contribution in [3.8, 4) is 11.1 Å². The van der Waals surface area contributed by atoms with Crippen molar-refractivity contribution in [1.29, 1.82) is 0 Å². The zero-order chi connectivity index (χ0) is 72.0. The van der Waals surface area contributed by atoms with Crippen molar-refractivity contribution in [3.05, 3.63) is 173 Å². The van der Waals surface area contributed by atoms with Gasteiger partial charge in [0.1, 0.15) is 42.0 Å². The van der Waals surface area contributed by atoms with Gasteiger partial charge in [0, 0.05) is 56.7 Å². The van der Waals surface area contributed by atoms with Gasteiger partial charge in [0.05, 0.1) is 11.8 Å². The van der Waals surface area contributed by atoms with Crippen LogP contribution >= 0.6 is 0 Å². The number of carbonyl (C=O) groups excluding carboxylic acids is 8. The highest BCUT2D eigenvalue weighted by Gasteiger charge is 2.46. The molecular weight excluding hydrogens is 1250 g/mol. The van der Waals surface area contributed by atoms with Crippen LogP contribution in [0.1, 0.15) is 150 Å². The summed E-state index contributed by atoms with van der Waals surface area (Å²) in [6.07, 6.45) is 0.386. The van der Waals surface area contributed by atoms with E-state index in [1.54, 1.807) is 76.4 Å². The highest BCUT2D eigenvalue weighted by molar-refractivity contribution is 7.89. The monoisotopic (exact) mass is 1350 g/mol. The minimum atomic E-state index is -4.36. The Balaban J connectivity index is 1.14. The third kappa shape index (κ3) is 22.0. The second-order valence-electron chi connectivity index (χ2n) is 29.0. The van der Waals surface area contributed by atoms with Gasteiger partial charge in [-0.05, 0) is 130 Å². The van der Waals surface area contributed by atoms with Gasteiger partial charge >= 0.3 is 18.3 Å². The van der Waals surface area contributed by atoms with Crippen molar-refractivity contribution < 1.29 is 61.0 Å². The van der Waals surface area contributed by atoms with Gasteiger partial charge in [-0.2, -0.15) is 0 Å². The van der Waals surface area contributed by atoms with E-state index in [1.165, 1.54) is 59.0 Å². The summed E-state index contributed by atoms with van der Waals surface area (Å²) < 4.78 is 46.7. The minimum absolute atomic E-state index is 0.00198. The average Bonchev–Trinajstić information content (AvgIpc) is 1.71. The van der Waals surface area contributed by atoms with Gasteiger partial charge in [-0.3, -0.25) is 28.9 Å². The molecule has 1 aliphatic rings. The van der Waals surface area contributed by atoms with E-state index in [2.05, 4.69) is 26.0 Å². The van der Waals surface area contributed by atoms with Crippen molar-refractivity contribution in [3.63, 3.8) is 0 Å². The first-order chi connectivity index (χ1) is 45.3. The zero-order valence-electron chi connectivity index (χ0n) is 59.3. The van der Waals surface area contributed by atoms with Crippen LogP contribution in [0.3, 0.4) is 0 Å². The van der Waals surface area contributed by atoms with Crippen LogP contribution in [-0.4, -0.2) is 147 Å². The molecule has 524 valence electrons. The first-order valence-corrected chi connectivity index (χ1v) is 34.5. The number of nitrogens with one attached hydrogen (secondary N) is 5. The van der Waals surface area contributed by atoms with E-state index < -0.39 is 116 Å². The van der Waals surface area contributed by atoms with Crippen LogP contribution in [0.15, 0.2) is 145 Å². The fraction of sp³-hybridized carbons (Fsp3) is 0.467. The van der Waals surface area contributed by atoms with Crippen LogP contribution in [0.4, 0.5) is 20.1 Å². The number of ether oxygens (including phenoxy) is 3. The number of unbranched alkanes of at least 4 members (excludes halogenated alkanes) is 1. The van der Waals surface area contributed by atoms with E-state index in [0.717, 1.165) is 33.4 Å². The summed E-state index contributed by atoms with van der Waals surface area (Å²) in [5.74, 6) is -4.50. The van der Waals surface area contributed by atoms with E-state index in [1.807, 2.05) is 137 Å². The normalized spacial score (nSPS) is 14.2. The van der Waals surface area contributed by atoms with Gasteiger partial charge in [0.25, 0.3) is 5.91 Å². The van der Waals surface area contributed by atoms with Gasteiger partial charge in [-0.15, -0.1) is 0 Å². The molecule has 0 aliphatic heterocycles. The number of anilines is 1. The summed E-state index contributed by atoms with van der Waals surface area (Å²) in [6.45, 7) is 24.9. The largest absolute Gasteiger partial charge is 0.449 e. The topological polar surface area (TPSA) is 268 Å². The molecule has 0 spiro atoms. The molecule has 0 radical (unpaired) electrons. The predicted molar refractivity (Wildman–Crippen MR) is 376 cm³/mol. The van der Waals surface area contributed by atoms with Gasteiger partial charge in [0.2, 0.25) is 33.7 Å². The number of rotatable bonds is 27. The van der Waals surface area contributed by atoms with Crippen molar-refractivity contribution in [2.24, 2.45) is 11.3 Å².